The Hall–Kier alpha value is -1.78. The first kappa shape index (κ1) is 14.2. The lowest BCUT2D eigenvalue weighted by atomic mass is 10.2. The highest BCUT2D eigenvalue weighted by atomic mass is 16.5. The van der Waals surface area contributed by atoms with Crippen LogP contribution in [0.4, 0.5) is 0 Å². The SMILES string of the molecule is COCc1cccc(OCc2occc2CNC2CC2)c1. The maximum atomic E-state index is 5.82. The van der Waals surface area contributed by atoms with Crippen LogP contribution >= 0.6 is 0 Å². The molecule has 2 aromatic rings. The van der Waals surface area contributed by atoms with Crippen molar-refractivity contribution in [2.45, 2.75) is 38.6 Å². The Bertz CT molecular complexity index is 575. The standard InChI is InChI=1S/C17H21NO3/c1-19-11-13-3-2-4-16(9-13)21-12-17-14(7-8-20-17)10-18-15-5-6-15/h2-4,7-9,15,18H,5-6,10-12H2,1H3. The highest BCUT2D eigenvalue weighted by molar-refractivity contribution is 5.28. The summed E-state index contributed by atoms with van der Waals surface area (Å²) in [6, 6.07) is 10.6. The molecular formula is C17H21NO3. The van der Waals surface area contributed by atoms with Gasteiger partial charge in [0.05, 0.1) is 12.9 Å². The van der Waals surface area contributed by atoms with Crippen LogP contribution in [0.15, 0.2) is 41.0 Å². The molecule has 1 aromatic heterocycles. The second-order valence-electron chi connectivity index (χ2n) is 5.39. The molecule has 0 unspecified atom stereocenters. The van der Waals surface area contributed by atoms with Crippen LogP contribution in [0.5, 0.6) is 5.75 Å². The van der Waals surface area contributed by atoms with Crippen LogP contribution < -0.4 is 10.1 Å². The van der Waals surface area contributed by atoms with Crippen LogP contribution in [0.2, 0.25) is 0 Å². The summed E-state index contributed by atoms with van der Waals surface area (Å²) in [5, 5.41) is 3.49. The van der Waals surface area contributed by atoms with Gasteiger partial charge in [-0.15, -0.1) is 0 Å². The number of furan rings is 1. The number of hydrogen-bond donors (Lipinski definition) is 1. The molecule has 1 N–H and O–H groups in total. The molecule has 0 radical (unpaired) electrons. The van der Waals surface area contributed by atoms with Crippen molar-refractivity contribution in [3.63, 3.8) is 0 Å². The minimum atomic E-state index is 0.450. The summed E-state index contributed by atoms with van der Waals surface area (Å²) in [4.78, 5) is 0. The van der Waals surface area contributed by atoms with Gasteiger partial charge in [0.15, 0.2) is 0 Å². The van der Waals surface area contributed by atoms with Crippen LogP contribution in [0, 0.1) is 0 Å². The monoisotopic (exact) mass is 287 g/mol. The number of ether oxygens (including phenoxy) is 2. The Balaban J connectivity index is 1.56. The first-order chi connectivity index (χ1) is 10.3. The van der Waals surface area contributed by atoms with Crippen molar-refractivity contribution in [3.05, 3.63) is 53.5 Å². The Morgan fingerprint density at radius 3 is 2.95 bits per heavy atom. The van der Waals surface area contributed by atoms with Crippen molar-refractivity contribution in [1.82, 2.24) is 5.32 Å². The molecular weight excluding hydrogens is 266 g/mol. The molecule has 112 valence electrons. The summed E-state index contributed by atoms with van der Waals surface area (Å²) < 4.78 is 16.5. The second kappa shape index (κ2) is 6.78. The minimum absolute atomic E-state index is 0.450. The highest BCUT2D eigenvalue weighted by Gasteiger charge is 2.21. The van der Waals surface area contributed by atoms with E-state index in [0.717, 1.165) is 23.6 Å². The highest BCUT2D eigenvalue weighted by Crippen LogP contribution is 2.21. The van der Waals surface area contributed by atoms with Crippen LogP contribution in [-0.2, 0) is 24.5 Å². The largest absolute Gasteiger partial charge is 0.486 e. The third-order valence-corrected chi connectivity index (χ3v) is 3.58. The van der Waals surface area contributed by atoms with E-state index in [-0.39, 0.29) is 0 Å². The van der Waals surface area contributed by atoms with E-state index >= 15 is 0 Å². The maximum absolute atomic E-state index is 5.82. The number of nitrogens with one attached hydrogen (secondary N) is 1. The molecule has 1 aliphatic carbocycles. The van der Waals surface area contributed by atoms with E-state index in [1.54, 1.807) is 13.4 Å². The smallest absolute Gasteiger partial charge is 0.146 e. The Labute approximate surface area is 125 Å². The molecule has 21 heavy (non-hydrogen) atoms. The van der Waals surface area contributed by atoms with E-state index in [0.29, 0.717) is 19.3 Å². The molecule has 1 aromatic carbocycles. The fourth-order valence-electron chi connectivity index (χ4n) is 2.23. The lowest BCUT2D eigenvalue weighted by molar-refractivity contribution is 0.184. The van der Waals surface area contributed by atoms with E-state index in [4.69, 9.17) is 13.9 Å². The first-order valence-corrected chi connectivity index (χ1v) is 7.34. The third-order valence-electron chi connectivity index (χ3n) is 3.58. The van der Waals surface area contributed by atoms with E-state index in [1.165, 1.54) is 18.4 Å². The summed E-state index contributed by atoms with van der Waals surface area (Å²) in [6.07, 6.45) is 4.30. The fourth-order valence-corrected chi connectivity index (χ4v) is 2.23. The topological polar surface area (TPSA) is 43.6 Å². The van der Waals surface area contributed by atoms with E-state index in [1.807, 2.05) is 30.3 Å². The normalized spacial score (nSPS) is 14.3. The van der Waals surface area contributed by atoms with E-state index in [2.05, 4.69) is 5.32 Å². The number of rotatable bonds is 8. The van der Waals surface area contributed by atoms with Gasteiger partial charge < -0.3 is 19.2 Å². The van der Waals surface area contributed by atoms with Crippen LogP contribution in [0.3, 0.4) is 0 Å². The fraction of sp³-hybridized carbons (Fsp3) is 0.412. The third kappa shape index (κ3) is 4.09. The van der Waals surface area contributed by atoms with Gasteiger partial charge in [-0.25, -0.2) is 0 Å². The molecule has 0 amide bonds. The zero-order valence-electron chi connectivity index (χ0n) is 12.3. The Morgan fingerprint density at radius 2 is 2.14 bits per heavy atom. The minimum Gasteiger partial charge on any atom is -0.486 e. The van der Waals surface area contributed by atoms with Gasteiger partial charge in [-0.2, -0.15) is 0 Å². The van der Waals surface area contributed by atoms with Crippen LogP contribution in [0.25, 0.3) is 0 Å². The molecule has 0 atom stereocenters. The van der Waals surface area contributed by atoms with Gasteiger partial charge in [0.1, 0.15) is 18.1 Å². The average Bonchev–Trinajstić information content (AvgIpc) is 3.22. The second-order valence-corrected chi connectivity index (χ2v) is 5.39. The molecule has 1 aliphatic rings. The molecule has 1 saturated carbocycles. The molecule has 0 aliphatic heterocycles. The first-order valence-electron chi connectivity index (χ1n) is 7.34. The average molecular weight is 287 g/mol. The van der Waals surface area contributed by atoms with Crippen molar-refractivity contribution in [3.8, 4) is 5.75 Å². The van der Waals surface area contributed by atoms with Gasteiger partial charge in [0.2, 0.25) is 0 Å². The van der Waals surface area contributed by atoms with E-state index in [9.17, 15) is 0 Å². The molecule has 0 spiro atoms. The molecule has 4 heteroatoms. The van der Waals surface area contributed by atoms with Crippen LogP contribution in [0.1, 0.15) is 29.7 Å². The molecule has 0 saturated heterocycles. The van der Waals surface area contributed by atoms with Crippen molar-refractivity contribution in [2.24, 2.45) is 0 Å². The van der Waals surface area contributed by atoms with Crippen molar-refractivity contribution in [1.29, 1.82) is 0 Å². The van der Waals surface area contributed by atoms with Crippen molar-refractivity contribution < 1.29 is 13.9 Å². The summed E-state index contributed by atoms with van der Waals surface area (Å²) in [5.74, 6) is 1.72. The lowest BCUT2D eigenvalue weighted by Crippen LogP contribution is -2.16. The number of methoxy groups -OCH3 is 1. The van der Waals surface area contributed by atoms with Gasteiger partial charge in [0, 0.05) is 25.3 Å². The molecule has 0 bridgehead atoms. The zero-order chi connectivity index (χ0) is 14.5. The summed E-state index contributed by atoms with van der Waals surface area (Å²) in [6.45, 7) is 1.89. The van der Waals surface area contributed by atoms with Gasteiger partial charge in [-0.3, -0.25) is 0 Å². The Kier molecular flexibility index (Phi) is 4.58. The quantitative estimate of drug-likeness (QED) is 0.809. The maximum Gasteiger partial charge on any atom is 0.146 e. The summed E-state index contributed by atoms with van der Waals surface area (Å²) >= 11 is 0. The predicted octanol–water partition coefficient (Wildman–Crippen LogP) is 3.26. The molecule has 1 heterocycles. The van der Waals surface area contributed by atoms with Gasteiger partial charge in [-0.05, 0) is 36.6 Å². The van der Waals surface area contributed by atoms with Crippen molar-refractivity contribution >= 4 is 0 Å². The lowest BCUT2D eigenvalue weighted by Gasteiger charge is -2.08. The van der Waals surface area contributed by atoms with E-state index < -0.39 is 0 Å². The molecule has 3 rings (SSSR count). The molecule has 1 fully saturated rings. The van der Waals surface area contributed by atoms with Gasteiger partial charge in [0.25, 0.3) is 0 Å². The molecule has 4 nitrogen and oxygen atoms in total. The number of benzene rings is 1. The van der Waals surface area contributed by atoms with Gasteiger partial charge in [-0.1, -0.05) is 12.1 Å². The number of hydrogen-bond acceptors (Lipinski definition) is 4. The summed E-state index contributed by atoms with van der Waals surface area (Å²) in [7, 11) is 1.69. The summed E-state index contributed by atoms with van der Waals surface area (Å²) in [5.41, 5.74) is 2.28. The zero-order valence-corrected chi connectivity index (χ0v) is 12.3. The predicted molar refractivity (Wildman–Crippen MR) is 80.1 cm³/mol. The van der Waals surface area contributed by atoms with Gasteiger partial charge >= 0.3 is 0 Å². The Morgan fingerprint density at radius 1 is 1.24 bits per heavy atom. The van der Waals surface area contributed by atoms with Crippen molar-refractivity contribution in [2.75, 3.05) is 7.11 Å². The van der Waals surface area contributed by atoms with Crippen LogP contribution in [-0.4, -0.2) is 13.2 Å².